The highest BCUT2D eigenvalue weighted by Gasteiger charge is 2.13. The van der Waals surface area contributed by atoms with Gasteiger partial charge in [0.05, 0.1) is 0 Å². The number of benzene rings is 2. The molecule has 31 heavy (non-hydrogen) atoms. The first-order chi connectivity index (χ1) is 14.8. The van der Waals surface area contributed by atoms with E-state index in [1.54, 1.807) is 42.6 Å². The molecule has 0 saturated carbocycles. The molecule has 0 radical (unpaired) electrons. The number of anilines is 1. The third-order valence-electron chi connectivity index (χ3n) is 4.88. The van der Waals surface area contributed by atoms with Crippen LogP contribution in [0.4, 0.5) is 5.69 Å². The molecule has 6 nitrogen and oxygen atoms in total. The van der Waals surface area contributed by atoms with Crippen LogP contribution in [-0.4, -0.2) is 22.9 Å². The maximum absolute atomic E-state index is 12.8. The molecular formula is C25H27N3O3. The lowest BCUT2D eigenvalue weighted by molar-refractivity contribution is 0.0949. The van der Waals surface area contributed by atoms with Crippen molar-refractivity contribution in [1.29, 1.82) is 0 Å². The van der Waals surface area contributed by atoms with Crippen LogP contribution in [0.5, 0.6) is 0 Å². The summed E-state index contributed by atoms with van der Waals surface area (Å²) in [5, 5.41) is 5.65. The summed E-state index contributed by atoms with van der Waals surface area (Å²) in [7, 11) is 0. The van der Waals surface area contributed by atoms with E-state index < -0.39 is 0 Å². The average Bonchev–Trinajstić information content (AvgIpc) is 2.74. The van der Waals surface area contributed by atoms with E-state index in [1.807, 2.05) is 25.1 Å². The second-order valence-corrected chi connectivity index (χ2v) is 7.91. The van der Waals surface area contributed by atoms with Gasteiger partial charge in [-0.25, -0.2) is 0 Å². The van der Waals surface area contributed by atoms with Gasteiger partial charge in [0.1, 0.15) is 5.56 Å². The smallest absolute Gasteiger partial charge is 0.267 e. The third-order valence-corrected chi connectivity index (χ3v) is 4.88. The maximum atomic E-state index is 12.8. The Morgan fingerprint density at radius 1 is 0.968 bits per heavy atom. The van der Waals surface area contributed by atoms with Crippen molar-refractivity contribution in [2.75, 3.05) is 11.9 Å². The molecule has 0 spiro atoms. The van der Waals surface area contributed by atoms with Gasteiger partial charge in [0.25, 0.3) is 17.4 Å². The van der Waals surface area contributed by atoms with E-state index in [0.717, 1.165) is 12.0 Å². The summed E-state index contributed by atoms with van der Waals surface area (Å²) in [4.78, 5) is 37.6. The van der Waals surface area contributed by atoms with E-state index in [4.69, 9.17) is 0 Å². The van der Waals surface area contributed by atoms with Crippen LogP contribution in [0.25, 0.3) is 5.69 Å². The first-order valence-electron chi connectivity index (χ1n) is 10.3. The summed E-state index contributed by atoms with van der Waals surface area (Å²) in [5.41, 5.74) is 2.53. The summed E-state index contributed by atoms with van der Waals surface area (Å²) in [6, 6.07) is 17.5. The van der Waals surface area contributed by atoms with E-state index in [9.17, 15) is 14.4 Å². The molecule has 3 aromatic rings. The largest absolute Gasteiger partial charge is 0.352 e. The summed E-state index contributed by atoms with van der Waals surface area (Å²) >= 11 is 0. The van der Waals surface area contributed by atoms with Gasteiger partial charge < -0.3 is 10.6 Å². The Morgan fingerprint density at radius 3 is 2.39 bits per heavy atom. The summed E-state index contributed by atoms with van der Waals surface area (Å²) in [6.07, 6.45) is 2.47. The molecule has 0 aliphatic carbocycles. The highest BCUT2D eigenvalue weighted by molar-refractivity contribution is 6.04. The molecule has 0 unspecified atom stereocenters. The van der Waals surface area contributed by atoms with Gasteiger partial charge in [-0.1, -0.05) is 31.5 Å². The number of nitrogens with zero attached hydrogens (tertiary/aromatic N) is 1. The Balaban J connectivity index is 1.74. The first-order valence-corrected chi connectivity index (χ1v) is 10.3. The Kier molecular flexibility index (Phi) is 7.03. The van der Waals surface area contributed by atoms with Crippen molar-refractivity contribution in [2.24, 2.45) is 5.92 Å². The minimum absolute atomic E-state index is 0.100. The molecule has 0 aliphatic heterocycles. The van der Waals surface area contributed by atoms with Crippen molar-refractivity contribution in [3.05, 3.63) is 93.9 Å². The van der Waals surface area contributed by atoms with E-state index in [1.165, 1.54) is 10.6 Å². The van der Waals surface area contributed by atoms with E-state index in [-0.39, 0.29) is 22.9 Å². The minimum Gasteiger partial charge on any atom is -0.352 e. The Morgan fingerprint density at radius 2 is 1.71 bits per heavy atom. The Bertz CT molecular complexity index is 1130. The molecule has 2 N–H and O–H groups in total. The van der Waals surface area contributed by atoms with Crippen LogP contribution in [-0.2, 0) is 0 Å². The second kappa shape index (κ2) is 9.89. The number of hydrogen-bond donors (Lipinski definition) is 2. The quantitative estimate of drug-likeness (QED) is 0.605. The van der Waals surface area contributed by atoms with Crippen molar-refractivity contribution >= 4 is 17.5 Å². The van der Waals surface area contributed by atoms with Crippen molar-refractivity contribution in [3.8, 4) is 5.69 Å². The molecule has 6 heteroatoms. The Labute approximate surface area is 181 Å². The summed E-state index contributed by atoms with van der Waals surface area (Å²) < 4.78 is 1.42. The number of amides is 2. The van der Waals surface area contributed by atoms with Gasteiger partial charge in [0, 0.05) is 29.7 Å². The van der Waals surface area contributed by atoms with Crippen LogP contribution in [0.1, 0.15) is 46.5 Å². The Hall–Kier alpha value is -3.67. The average molecular weight is 418 g/mol. The van der Waals surface area contributed by atoms with Gasteiger partial charge in [-0.2, -0.15) is 0 Å². The molecule has 0 bridgehead atoms. The molecule has 1 aromatic heterocycles. The molecule has 0 saturated heterocycles. The van der Waals surface area contributed by atoms with Gasteiger partial charge in [0.2, 0.25) is 0 Å². The van der Waals surface area contributed by atoms with Crippen LogP contribution in [0.15, 0.2) is 71.7 Å². The predicted octanol–water partition coefficient (Wildman–Crippen LogP) is 4.17. The van der Waals surface area contributed by atoms with Gasteiger partial charge in [0.15, 0.2) is 0 Å². The number of nitrogens with one attached hydrogen (secondary N) is 2. The van der Waals surface area contributed by atoms with E-state index in [2.05, 4.69) is 24.5 Å². The zero-order chi connectivity index (χ0) is 22.4. The van der Waals surface area contributed by atoms with Crippen LogP contribution in [0, 0.1) is 12.8 Å². The van der Waals surface area contributed by atoms with Crippen LogP contribution < -0.4 is 16.2 Å². The number of hydrogen-bond acceptors (Lipinski definition) is 3. The standard InChI is InChI=1S/C25H27N3O3/c1-17(2)13-14-26-24(30)22-8-5-15-28(25(22)31)21-11-9-20(10-12-21)27-23(29)19-7-4-6-18(3)16-19/h4-12,15-17H,13-14H2,1-3H3,(H,26,30)(H,27,29). The molecule has 2 aromatic carbocycles. The van der Waals surface area contributed by atoms with Crippen molar-refractivity contribution < 1.29 is 9.59 Å². The van der Waals surface area contributed by atoms with Crippen LogP contribution in [0.3, 0.4) is 0 Å². The van der Waals surface area contributed by atoms with Gasteiger partial charge in [-0.05, 0) is 67.8 Å². The highest BCUT2D eigenvalue weighted by atomic mass is 16.2. The lowest BCUT2D eigenvalue weighted by Crippen LogP contribution is -2.33. The van der Waals surface area contributed by atoms with Crippen molar-refractivity contribution in [3.63, 3.8) is 0 Å². The predicted molar refractivity (Wildman–Crippen MR) is 123 cm³/mol. The van der Waals surface area contributed by atoms with Crippen molar-refractivity contribution in [2.45, 2.75) is 27.2 Å². The minimum atomic E-state index is -0.388. The number of aromatic nitrogens is 1. The summed E-state index contributed by atoms with van der Waals surface area (Å²) in [5.74, 6) is -0.103. The number of pyridine rings is 1. The molecule has 2 amide bonds. The van der Waals surface area contributed by atoms with E-state index >= 15 is 0 Å². The fraction of sp³-hybridized carbons (Fsp3) is 0.240. The fourth-order valence-corrected chi connectivity index (χ4v) is 3.13. The third kappa shape index (κ3) is 5.69. The lowest BCUT2D eigenvalue weighted by Gasteiger charge is -2.11. The van der Waals surface area contributed by atoms with E-state index in [0.29, 0.717) is 29.4 Å². The molecule has 0 aliphatic rings. The fourth-order valence-electron chi connectivity index (χ4n) is 3.13. The normalized spacial score (nSPS) is 10.7. The number of rotatable bonds is 7. The number of carbonyl (C=O) groups excluding carboxylic acids is 2. The molecule has 3 rings (SSSR count). The zero-order valence-corrected chi connectivity index (χ0v) is 18.0. The van der Waals surface area contributed by atoms with Crippen molar-refractivity contribution in [1.82, 2.24) is 9.88 Å². The van der Waals surface area contributed by atoms with Gasteiger partial charge in [-0.15, -0.1) is 0 Å². The van der Waals surface area contributed by atoms with Crippen LogP contribution in [0.2, 0.25) is 0 Å². The topological polar surface area (TPSA) is 80.2 Å². The molecule has 1 heterocycles. The van der Waals surface area contributed by atoms with Gasteiger partial charge >= 0.3 is 0 Å². The van der Waals surface area contributed by atoms with Crippen LogP contribution >= 0.6 is 0 Å². The second-order valence-electron chi connectivity index (χ2n) is 7.91. The maximum Gasteiger partial charge on any atom is 0.267 e. The monoisotopic (exact) mass is 417 g/mol. The first kappa shape index (κ1) is 22.0. The molecular weight excluding hydrogens is 390 g/mol. The molecule has 0 atom stereocenters. The summed E-state index contributed by atoms with van der Waals surface area (Å²) in [6.45, 7) is 6.62. The SMILES string of the molecule is Cc1cccc(C(=O)Nc2ccc(-n3cccc(C(=O)NCCC(C)C)c3=O)cc2)c1. The highest BCUT2D eigenvalue weighted by Crippen LogP contribution is 2.14. The number of aryl methyl sites for hydroxylation is 1. The lowest BCUT2D eigenvalue weighted by atomic mass is 10.1. The molecule has 160 valence electrons. The van der Waals surface area contributed by atoms with Gasteiger partial charge in [-0.3, -0.25) is 19.0 Å². The zero-order valence-electron chi connectivity index (χ0n) is 18.0. The molecule has 0 fully saturated rings. The number of carbonyl (C=O) groups is 2.